The number of anilines is 3. The van der Waals surface area contributed by atoms with Crippen LogP contribution in [0.1, 0.15) is 23.2 Å². The monoisotopic (exact) mass is 441 g/mol. The van der Waals surface area contributed by atoms with Crippen molar-refractivity contribution in [1.82, 2.24) is 19.8 Å². The van der Waals surface area contributed by atoms with E-state index in [4.69, 9.17) is 0 Å². The van der Waals surface area contributed by atoms with Gasteiger partial charge in [-0.15, -0.1) is 15.3 Å². The lowest BCUT2D eigenvalue weighted by Gasteiger charge is -2.32. The molecule has 0 aliphatic carbocycles. The molecule has 5 rings (SSSR count). The molecule has 33 heavy (non-hydrogen) atoms. The van der Waals surface area contributed by atoms with Gasteiger partial charge in [-0.2, -0.15) is 4.52 Å². The summed E-state index contributed by atoms with van der Waals surface area (Å²) in [5, 5.41) is 18.3. The number of amides is 2. The molecule has 9 nitrogen and oxygen atoms in total. The molecule has 1 aliphatic rings. The number of nitrogens with zero attached hydrogens (tertiary/aromatic N) is 5. The summed E-state index contributed by atoms with van der Waals surface area (Å²) in [5.74, 6) is 0.467. The minimum atomic E-state index is -0.219. The van der Waals surface area contributed by atoms with Crippen molar-refractivity contribution >= 4 is 34.7 Å². The van der Waals surface area contributed by atoms with Crippen molar-refractivity contribution in [2.45, 2.75) is 12.8 Å². The van der Waals surface area contributed by atoms with Gasteiger partial charge < -0.3 is 15.5 Å². The number of carbonyl (C=O) groups excluding carboxylic acids is 2. The Morgan fingerprint density at radius 2 is 1.55 bits per heavy atom. The van der Waals surface area contributed by atoms with Gasteiger partial charge in [0.1, 0.15) is 12.1 Å². The highest BCUT2D eigenvalue weighted by molar-refractivity contribution is 6.07. The molecule has 0 saturated carbocycles. The molecule has 4 aromatic rings. The van der Waals surface area contributed by atoms with Gasteiger partial charge in [0.25, 0.3) is 5.91 Å². The normalized spacial score (nSPS) is 14.2. The number of aromatic nitrogens is 4. The van der Waals surface area contributed by atoms with E-state index < -0.39 is 0 Å². The van der Waals surface area contributed by atoms with Crippen LogP contribution < -0.4 is 15.5 Å². The number of para-hydroxylation sites is 2. The molecule has 2 N–H and O–H groups in total. The van der Waals surface area contributed by atoms with Gasteiger partial charge in [0.2, 0.25) is 5.91 Å². The SMILES string of the molecule is O=C(Nc1ccccc1NC(=O)C1CCN(c2ccc3nncn3n2)CC1)c1ccccc1. The molecule has 1 aliphatic heterocycles. The number of nitrogens with one attached hydrogen (secondary N) is 2. The molecule has 1 saturated heterocycles. The zero-order valence-corrected chi connectivity index (χ0v) is 17.9. The second-order valence-electron chi connectivity index (χ2n) is 7.94. The average molecular weight is 441 g/mol. The van der Waals surface area contributed by atoms with E-state index in [-0.39, 0.29) is 17.7 Å². The summed E-state index contributed by atoms with van der Waals surface area (Å²) in [7, 11) is 0. The van der Waals surface area contributed by atoms with Crippen LogP contribution in [-0.2, 0) is 4.79 Å². The maximum Gasteiger partial charge on any atom is 0.255 e. The Kier molecular flexibility index (Phi) is 5.67. The molecule has 0 radical (unpaired) electrons. The van der Waals surface area contributed by atoms with Crippen molar-refractivity contribution in [1.29, 1.82) is 0 Å². The zero-order valence-electron chi connectivity index (χ0n) is 17.9. The molecular weight excluding hydrogens is 418 g/mol. The maximum atomic E-state index is 13.0. The lowest BCUT2D eigenvalue weighted by Crippen LogP contribution is -2.38. The van der Waals surface area contributed by atoms with Crippen molar-refractivity contribution in [3.8, 4) is 0 Å². The van der Waals surface area contributed by atoms with Crippen LogP contribution in [0, 0.1) is 5.92 Å². The highest BCUT2D eigenvalue weighted by atomic mass is 16.2. The quantitative estimate of drug-likeness (QED) is 0.493. The molecule has 0 bridgehead atoms. The van der Waals surface area contributed by atoms with Gasteiger partial charge in [0.15, 0.2) is 5.65 Å². The fraction of sp³-hybridized carbons (Fsp3) is 0.208. The fourth-order valence-electron chi connectivity index (χ4n) is 3.98. The van der Waals surface area contributed by atoms with Crippen molar-refractivity contribution < 1.29 is 9.59 Å². The highest BCUT2D eigenvalue weighted by Gasteiger charge is 2.26. The number of hydrogen-bond donors (Lipinski definition) is 2. The van der Waals surface area contributed by atoms with Gasteiger partial charge in [0.05, 0.1) is 11.4 Å². The van der Waals surface area contributed by atoms with Crippen LogP contribution in [0.5, 0.6) is 0 Å². The summed E-state index contributed by atoms with van der Waals surface area (Å²) >= 11 is 0. The first-order valence-electron chi connectivity index (χ1n) is 10.9. The van der Waals surface area contributed by atoms with Crippen LogP contribution in [0.3, 0.4) is 0 Å². The van der Waals surface area contributed by atoms with Crippen LogP contribution in [0.25, 0.3) is 5.65 Å². The van der Waals surface area contributed by atoms with Gasteiger partial charge in [-0.1, -0.05) is 30.3 Å². The average Bonchev–Trinajstić information content (AvgIpc) is 3.34. The Hall–Kier alpha value is -4.27. The first-order valence-corrected chi connectivity index (χ1v) is 10.9. The molecule has 0 atom stereocenters. The first kappa shape index (κ1) is 20.6. The molecule has 0 unspecified atom stereocenters. The van der Waals surface area contributed by atoms with Crippen LogP contribution in [0.4, 0.5) is 17.2 Å². The molecular formula is C24H23N7O2. The summed E-state index contributed by atoms with van der Waals surface area (Å²) in [4.78, 5) is 27.7. The third kappa shape index (κ3) is 4.52. The molecule has 3 heterocycles. The Balaban J connectivity index is 1.21. The van der Waals surface area contributed by atoms with E-state index in [0.717, 1.165) is 18.9 Å². The van der Waals surface area contributed by atoms with Crippen LogP contribution in [-0.4, -0.2) is 44.7 Å². The van der Waals surface area contributed by atoms with Gasteiger partial charge >= 0.3 is 0 Å². The second-order valence-corrected chi connectivity index (χ2v) is 7.94. The second kappa shape index (κ2) is 9.07. The van der Waals surface area contributed by atoms with Crippen molar-refractivity contribution in [2.24, 2.45) is 5.92 Å². The number of piperidine rings is 1. The number of carbonyl (C=O) groups is 2. The van der Waals surface area contributed by atoms with Gasteiger partial charge in [-0.05, 0) is 49.2 Å². The number of fused-ring (bicyclic) bond motifs is 1. The van der Waals surface area contributed by atoms with Crippen LogP contribution >= 0.6 is 0 Å². The summed E-state index contributed by atoms with van der Waals surface area (Å²) in [6, 6.07) is 20.0. The molecule has 1 fully saturated rings. The molecule has 0 spiro atoms. The largest absolute Gasteiger partial charge is 0.355 e. The standard InChI is InChI=1S/C24H23N7O2/c32-23(17-6-2-1-3-7-17)26-19-8-4-5-9-20(19)27-24(33)18-12-14-30(15-13-18)22-11-10-21-28-25-16-31(21)29-22/h1-11,16,18H,12-15H2,(H,26,32)(H,27,33). The number of hydrogen-bond acceptors (Lipinski definition) is 6. The molecule has 2 aromatic carbocycles. The molecule has 166 valence electrons. The molecule has 2 amide bonds. The lowest BCUT2D eigenvalue weighted by atomic mass is 9.95. The van der Waals surface area contributed by atoms with Crippen LogP contribution in [0.15, 0.2) is 73.1 Å². The summed E-state index contributed by atoms with van der Waals surface area (Å²) in [6.07, 6.45) is 3.01. The lowest BCUT2D eigenvalue weighted by molar-refractivity contribution is -0.120. The Bertz CT molecular complexity index is 1280. The third-order valence-electron chi connectivity index (χ3n) is 5.81. The third-order valence-corrected chi connectivity index (χ3v) is 5.81. The topological polar surface area (TPSA) is 105 Å². The number of rotatable bonds is 5. The van der Waals surface area contributed by atoms with Crippen molar-refractivity contribution in [3.05, 3.63) is 78.6 Å². The van der Waals surface area contributed by atoms with E-state index in [9.17, 15) is 9.59 Å². The van der Waals surface area contributed by atoms with E-state index in [2.05, 4.69) is 30.8 Å². The summed E-state index contributed by atoms with van der Waals surface area (Å²) in [5.41, 5.74) is 2.42. The van der Waals surface area contributed by atoms with Gasteiger partial charge in [-0.25, -0.2) is 0 Å². The number of benzene rings is 2. The summed E-state index contributed by atoms with van der Waals surface area (Å²) in [6.45, 7) is 1.45. The highest BCUT2D eigenvalue weighted by Crippen LogP contribution is 2.26. The predicted molar refractivity (Wildman–Crippen MR) is 125 cm³/mol. The summed E-state index contributed by atoms with van der Waals surface area (Å²) < 4.78 is 1.65. The van der Waals surface area contributed by atoms with E-state index in [1.807, 2.05) is 42.5 Å². The predicted octanol–water partition coefficient (Wildman–Crippen LogP) is 3.23. The maximum absolute atomic E-state index is 13.0. The molecule has 9 heteroatoms. The van der Waals surface area contributed by atoms with E-state index >= 15 is 0 Å². The fourth-order valence-corrected chi connectivity index (χ4v) is 3.98. The minimum Gasteiger partial charge on any atom is -0.355 e. The smallest absolute Gasteiger partial charge is 0.255 e. The zero-order chi connectivity index (χ0) is 22.6. The Morgan fingerprint density at radius 1 is 0.848 bits per heavy atom. The van der Waals surface area contributed by atoms with Crippen molar-refractivity contribution in [3.63, 3.8) is 0 Å². The van der Waals surface area contributed by atoms with E-state index in [1.165, 1.54) is 0 Å². The minimum absolute atomic E-state index is 0.0433. The first-order chi connectivity index (χ1) is 16.2. The van der Waals surface area contributed by atoms with Crippen molar-refractivity contribution in [2.75, 3.05) is 28.6 Å². The molecule has 2 aromatic heterocycles. The van der Waals surface area contributed by atoms with E-state index in [0.29, 0.717) is 35.4 Å². The van der Waals surface area contributed by atoms with E-state index in [1.54, 1.807) is 35.1 Å². The van der Waals surface area contributed by atoms with Gasteiger partial charge in [-0.3, -0.25) is 9.59 Å². The van der Waals surface area contributed by atoms with Gasteiger partial charge in [0, 0.05) is 24.6 Å². The Morgan fingerprint density at radius 3 is 2.30 bits per heavy atom. The van der Waals surface area contributed by atoms with Crippen LogP contribution in [0.2, 0.25) is 0 Å². The Labute approximate surface area is 190 Å².